The lowest BCUT2D eigenvalue weighted by Crippen LogP contribution is -2.45. The molecule has 1 aromatic rings. The zero-order valence-corrected chi connectivity index (χ0v) is 12.1. The standard InChI is InChI=1S/C12H19N3O3S/c1-4-12(3,10(16)17)7-14-11(18)15-8(2)9-13-5-6-19-9/h5-6,8H,4,7H2,1-3H3,(H,16,17)(H2,14,15,18). The Morgan fingerprint density at radius 1 is 1.58 bits per heavy atom. The lowest BCUT2D eigenvalue weighted by atomic mass is 9.88. The van der Waals surface area contributed by atoms with Crippen LogP contribution in [-0.2, 0) is 4.79 Å². The van der Waals surface area contributed by atoms with Crippen LogP contribution in [-0.4, -0.2) is 28.6 Å². The average molecular weight is 285 g/mol. The van der Waals surface area contributed by atoms with Crippen LogP contribution in [0.4, 0.5) is 4.79 Å². The number of carboxylic acids is 1. The van der Waals surface area contributed by atoms with Gasteiger partial charge in [0.15, 0.2) is 0 Å². The van der Waals surface area contributed by atoms with Gasteiger partial charge in [-0.25, -0.2) is 9.78 Å². The molecule has 0 spiro atoms. The number of hydrogen-bond acceptors (Lipinski definition) is 4. The van der Waals surface area contributed by atoms with E-state index in [1.165, 1.54) is 11.3 Å². The number of thiazole rings is 1. The maximum absolute atomic E-state index is 11.7. The third kappa shape index (κ3) is 4.20. The van der Waals surface area contributed by atoms with Crippen molar-refractivity contribution in [1.29, 1.82) is 0 Å². The third-order valence-electron chi connectivity index (χ3n) is 3.11. The van der Waals surface area contributed by atoms with E-state index in [0.717, 1.165) is 5.01 Å². The van der Waals surface area contributed by atoms with Crippen molar-refractivity contribution in [3.8, 4) is 0 Å². The first-order valence-corrected chi connectivity index (χ1v) is 6.94. The Bertz CT molecular complexity index is 435. The molecule has 0 aliphatic rings. The van der Waals surface area contributed by atoms with Gasteiger partial charge in [-0.1, -0.05) is 6.92 Å². The molecule has 0 radical (unpaired) electrons. The van der Waals surface area contributed by atoms with Gasteiger partial charge in [-0.2, -0.15) is 0 Å². The van der Waals surface area contributed by atoms with Gasteiger partial charge < -0.3 is 15.7 Å². The average Bonchev–Trinajstić information content (AvgIpc) is 2.89. The van der Waals surface area contributed by atoms with Crippen molar-refractivity contribution in [2.45, 2.75) is 33.2 Å². The van der Waals surface area contributed by atoms with Crippen LogP contribution in [0.3, 0.4) is 0 Å². The van der Waals surface area contributed by atoms with E-state index in [9.17, 15) is 9.59 Å². The van der Waals surface area contributed by atoms with E-state index in [1.807, 2.05) is 12.3 Å². The fraction of sp³-hybridized carbons (Fsp3) is 0.583. The normalized spacial score (nSPS) is 15.3. The summed E-state index contributed by atoms with van der Waals surface area (Å²) < 4.78 is 0. The molecular weight excluding hydrogens is 266 g/mol. The minimum Gasteiger partial charge on any atom is -0.481 e. The maximum Gasteiger partial charge on any atom is 0.315 e. The molecule has 7 heteroatoms. The summed E-state index contributed by atoms with van der Waals surface area (Å²) in [5.74, 6) is -0.914. The van der Waals surface area contributed by atoms with Gasteiger partial charge >= 0.3 is 12.0 Å². The molecular formula is C12H19N3O3S. The van der Waals surface area contributed by atoms with Gasteiger partial charge in [0.2, 0.25) is 0 Å². The predicted molar refractivity (Wildman–Crippen MR) is 73.1 cm³/mol. The second-order valence-corrected chi connectivity index (χ2v) is 5.56. The number of carboxylic acid groups (broad SMARTS) is 1. The van der Waals surface area contributed by atoms with Crippen molar-refractivity contribution in [1.82, 2.24) is 15.6 Å². The van der Waals surface area contributed by atoms with E-state index in [2.05, 4.69) is 15.6 Å². The van der Waals surface area contributed by atoms with E-state index >= 15 is 0 Å². The number of rotatable bonds is 6. The molecule has 1 rings (SSSR count). The number of aromatic nitrogens is 1. The van der Waals surface area contributed by atoms with Crippen molar-refractivity contribution in [2.24, 2.45) is 5.41 Å². The summed E-state index contributed by atoms with van der Waals surface area (Å²) in [5, 5.41) is 17.1. The molecule has 0 bridgehead atoms. The molecule has 0 aliphatic carbocycles. The molecule has 0 saturated carbocycles. The summed E-state index contributed by atoms with van der Waals surface area (Å²) in [6.45, 7) is 5.32. The van der Waals surface area contributed by atoms with Crippen LogP contribution in [0.25, 0.3) is 0 Å². The van der Waals surface area contributed by atoms with Crippen molar-refractivity contribution in [2.75, 3.05) is 6.54 Å². The molecule has 1 heterocycles. The summed E-state index contributed by atoms with van der Waals surface area (Å²) in [4.78, 5) is 26.9. The molecule has 1 aromatic heterocycles. The van der Waals surface area contributed by atoms with Crippen LogP contribution < -0.4 is 10.6 Å². The van der Waals surface area contributed by atoms with Crippen LogP contribution in [0, 0.1) is 5.41 Å². The quantitative estimate of drug-likeness (QED) is 0.745. The first kappa shape index (κ1) is 15.4. The minimum absolute atomic E-state index is 0.0925. The fourth-order valence-electron chi connectivity index (χ4n) is 1.38. The molecule has 6 nitrogen and oxygen atoms in total. The Morgan fingerprint density at radius 3 is 2.74 bits per heavy atom. The Balaban J connectivity index is 2.46. The van der Waals surface area contributed by atoms with Crippen LogP contribution in [0.15, 0.2) is 11.6 Å². The Hall–Kier alpha value is -1.63. The number of nitrogens with zero attached hydrogens (tertiary/aromatic N) is 1. The van der Waals surface area contributed by atoms with Gasteiger partial charge in [0.25, 0.3) is 0 Å². The van der Waals surface area contributed by atoms with Gasteiger partial charge in [-0.15, -0.1) is 11.3 Å². The molecule has 0 aromatic carbocycles. The molecule has 106 valence electrons. The highest BCUT2D eigenvalue weighted by Gasteiger charge is 2.31. The molecule has 2 atom stereocenters. The zero-order chi connectivity index (χ0) is 14.5. The first-order chi connectivity index (χ1) is 8.89. The largest absolute Gasteiger partial charge is 0.481 e. The Kier molecular flexibility index (Phi) is 5.29. The summed E-state index contributed by atoms with van der Waals surface area (Å²) in [7, 11) is 0. The van der Waals surface area contributed by atoms with Crippen LogP contribution >= 0.6 is 11.3 Å². The van der Waals surface area contributed by atoms with Gasteiger partial charge in [0.1, 0.15) is 5.01 Å². The second-order valence-electron chi connectivity index (χ2n) is 4.64. The summed E-state index contributed by atoms with van der Waals surface area (Å²) in [6, 6.07) is -0.582. The molecule has 19 heavy (non-hydrogen) atoms. The number of carbonyl (C=O) groups excluding carboxylic acids is 1. The van der Waals surface area contributed by atoms with Gasteiger partial charge in [-0.05, 0) is 20.3 Å². The van der Waals surface area contributed by atoms with E-state index in [0.29, 0.717) is 6.42 Å². The molecule has 2 unspecified atom stereocenters. The van der Waals surface area contributed by atoms with E-state index < -0.39 is 11.4 Å². The smallest absolute Gasteiger partial charge is 0.315 e. The number of carbonyl (C=O) groups is 2. The zero-order valence-electron chi connectivity index (χ0n) is 11.3. The molecule has 0 saturated heterocycles. The highest BCUT2D eigenvalue weighted by atomic mass is 32.1. The maximum atomic E-state index is 11.7. The van der Waals surface area contributed by atoms with Crippen LogP contribution in [0.2, 0.25) is 0 Å². The van der Waals surface area contributed by atoms with Gasteiger partial charge in [-0.3, -0.25) is 4.79 Å². The van der Waals surface area contributed by atoms with Crippen molar-refractivity contribution in [3.05, 3.63) is 16.6 Å². The fourth-order valence-corrected chi connectivity index (χ4v) is 2.03. The van der Waals surface area contributed by atoms with Crippen LogP contribution in [0.5, 0.6) is 0 Å². The summed E-state index contributed by atoms with van der Waals surface area (Å²) in [6.07, 6.45) is 2.12. The Labute approximate surface area is 116 Å². The third-order valence-corrected chi connectivity index (χ3v) is 4.06. The molecule has 0 aliphatic heterocycles. The molecule has 2 amide bonds. The second kappa shape index (κ2) is 6.51. The van der Waals surface area contributed by atoms with E-state index in [1.54, 1.807) is 20.0 Å². The van der Waals surface area contributed by atoms with Crippen LogP contribution in [0.1, 0.15) is 38.2 Å². The van der Waals surface area contributed by atoms with E-state index in [-0.39, 0.29) is 18.6 Å². The van der Waals surface area contributed by atoms with E-state index in [4.69, 9.17) is 5.11 Å². The summed E-state index contributed by atoms with van der Waals surface area (Å²) >= 11 is 1.46. The Morgan fingerprint density at radius 2 is 2.26 bits per heavy atom. The number of urea groups is 1. The lowest BCUT2D eigenvalue weighted by molar-refractivity contribution is -0.147. The highest BCUT2D eigenvalue weighted by molar-refractivity contribution is 7.09. The van der Waals surface area contributed by atoms with Crippen molar-refractivity contribution < 1.29 is 14.7 Å². The monoisotopic (exact) mass is 285 g/mol. The van der Waals surface area contributed by atoms with Gasteiger partial charge in [0, 0.05) is 18.1 Å². The highest BCUT2D eigenvalue weighted by Crippen LogP contribution is 2.20. The van der Waals surface area contributed by atoms with Crippen molar-refractivity contribution >= 4 is 23.3 Å². The number of nitrogens with one attached hydrogen (secondary N) is 2. The number of aliphatic carboxylic acids is 1. The SMILES string of the molecule is CCC(C)(CNC(=O)NC(C)c1nccs1)C(=O)O. The summed E-state index contributed by atoms with van der Waals surface area (Å²) in [5.41, 5.74) is -0.943. The number of amides is 2. The molecule has 0 fully saturated rings. The van der Waals surface area contributed by atoms with Crippen molar-refractivity contribution in [3.63, 3.8) is 0 Å². The minimum atomic E-state index is -0.943. The topological polar surface area (TPSA) is 91.3 Å². The molecule has 3 N–H and O–H groups in total. The first-order valence-electron chi connectivity index (χ1n) is 6.06. The predicted octanol–water partition coefficient (Wildman–Crippen LogP) is 2.00. The number of hydrogen-bond donors (Lipinski definition) is 3. The lowest BCUT2D eigenvalue weighted by Gasteiger charge is -2.23. The van der Waals surface area contributed by atoms with Gasteiger partial charge in [0.05, 0.1) is 11.5 Å².